The van der Waals surface area contributed by atoms with Crippen LogP contribution in [0.4, 0.5) is 0 Å². The maximum atomic E-state index is 10.4. The molecule has 3 aliphatic rings. The molecule has 0 radical (unpaired) electrons. The van der Waals surface area contributed by atoms with Gasteiger partial charge in [-0.2, -0.15) is 0 Å². The topological polar surface area (TPSA) is 57.1 Å². The number of aliphatic imine (C=N–C) groups is 1. The number of nitrogens with zero attached hydrogens (tertiary/aromatic N) is 2. The van der Waals surface area contributed by atoms with Crippen LogP contribution in [0.1, 0.15) is 42.4 Å². The van der Waals surface area contributed by atoms with Crippen LogP contribution in [0.3, 0.4) is 0 Å². The Labute approximate surface area is 150 Å². The van der Waals surface area contributed by atoms with E-state index in [0.29, 0.717) is 17.7 Å². The Morgan fingerprint density at radius 2 is 2.20 bits per heavy atom. The van der Waals surface area contributed by atoms with Crippen LogP contribution in [0.25, 0.3) is 0 Å². The highest BCUT2D eigenvalue weighted by Gasteiger charge is 2.42. The van der Waals surface area contributed by atoms with E-state index in [2.05, 4.69) is 21.3 Å². The van der Waals surface area contributed by atoms with E-state index in [0.717, 1.165) is 57.1 Å². The number of aryl methyl sites for hydroxylation is 1. The molecule has 1 atom stereocenters. The van der Waals surface area contributed by atoms with Gasteiger partial charge in [0, 0.05) is 44.3 Å². The zero-order valence-corrected chi connectivity index (χ0v) is 15.2. The van der Waals surface area contributed by atoms with Crippen LogP contribution in [0.2, 0.25) is 0 Å². The molecule has 1 aromatic carbocycles. The molecule has 0 saturated carbocycles. The second-order valence-corrected chi connectivity index (χ2v) is 7.78. The van der Waals surface area contributed by atoms with Gasteiger partial charge in [-0.15, -0.1) is 0 Å². The van der Waals surface area contributed by atoms with E-state index in [9.17, 15) is 5.11 Å². The smallest absolute Gasteiger partial charge is 0.193 e. The summed E-state index contributed by atoms with van der Waals surface area (Å²) in [5, 5.41) is 13.9. The van der Waals surface area contributed by atoms with Crippen molar-refractivity contribution >= 4 is 5.96 Å². The van der Waals surface area contributed by atoms with Gasteiger partial charge < -0.3 is 20.1 Å². The van der Waals surface area contributed by atoms with Gasteiger partial charge >= 0.3 is 0 Å². The normalized spacial score (nSPS) is 26.3. The van der Waals surface area contributed by atoms with Crippen molar-refractivity contribution in [3.63, 3.8) is 0 Å². The number of guanidine groups is 1. The standard InChI is InChI=1S/C20H29N3O2/c1-21-19(23-10-8-20(13-23)9-11-25-14-20)22-12-17-16-5-3-2-4-15(16)6-7-18(17)24/h6-7,24H,2-5,8-14H2,1H3,(H,21,22). The molecule has 2 saturated heterocycles. The second kappa shape index (κ2) is 6.87. The first-order chi connectivity index (χ1) is 12.2. The quantitative estimate of drug-likeness (QED) is 0.640. The number of likely N-dealkylation sites (tertiary alicyclic amines) is 1. The molecular weight excluding hydrogens is 314 g/mol. The maximum absolute atomic E-state index is 10.4. The number of benzene rings is 1. The molecule has 2 fully saturated rings. The molecule has 4 rings (SSSR count). The Kier molecular flexibility index (Phi) is 4.59. The van der Waals surface area contributed by atoms with Crippen molar-refractivity contribution in [1.82, 2.24) is 10.2 Å². The first kappa shape index (κ1) is 16.7. The molecule has 2 aliphatic heterocycles. The van der Waals surface area contributed by atoms with Gasteiger partial charge in [0.05, 0.1) is 6.61 Å². The largest absolute Gasteiger partial charge is 0.508 e. The molecule has 1 unspecified atom stereocenters. The molecule has 25 heavy (non-hydrogen) atoms. The van der Waals surface area contributed by atoms with Crippen molar-refractivity contribution in [1.29, 1.82) is 0 Å². The summed E-state index contributed by atoms with van der Waals surface area (Å²) in [6.07, 6.45) is 7.01. The number of rotatable bonds is 2. The van der Waals surface area contributed by atoms with Crippen molar-refractivity contribution in [3.05, 3.63) is 28.8 Å². The average Bonchev–Trinajstić information content (AvgIpc) is 3.27. The van der Waals surface area contributed by atoms with Crippen molar-refractivity contribution in [3.8, 4) is 5.75 Å². The predicted octanol–water partition coefficient (Wildman–Crippen LogP) is 2.46. The minimum Gasteiger partial charge on any atom is -0.508 e. The van der Waals surface area contributed by atoms with Crippen LogP contribution in [-0.4, -0.2) is 49.3 Å². The third-order valence-electron chi connectivity index (χ3n) is 6.18. The van der Waals surface area contributed by atoms with Gasteiger partial charge in [0.25, 0.3) is 0 Å². The first-order valence-corrected chi connectivity index (χ1v) is 9.57. The zero-order chi connectivity index (χ0) is 17.3. The number of hydrogen-bond acceptors (Lipinski definition) is 3. The number of phenols is 1. The van der Waals surface area contributed by atoms with Gasteiger partial charge in [-0.3, -0.25) is 4.99 Å². The van der Waals surface area contributed by atoms with Crippen LogP contribution >= 0.6 is 0 Å². The monoisotopic (exact) mass is 343 g/mol. The third-order valence-corrected chi connectivity index (χ3v) is 6.18. The number of aromatic hydroxyl groups is 1. The van der Waals surface area contributed by atoms with Crippen LogP contribution in [0, 0.1) is 5.41 Å². The Morgan fingerprint density at radius 1 is 1.32 bits per heavy atom. The molecule has 2 N–H and O–H groups in total. The summed E-state index contributed by atoms with van der Waals surface area (Å²) in [5.74, 6) is 1.35. The molecule has 1 spiro atoms. The van der Waals surface area contributed by atoms with Crippen LogP contribution in [0.5, 0.6) is 5.75 Å². The minimum atomic E-state index is 0.325. The Bertz CT molecular complexity index is 665. The van der Waals surface area contributed by atoms with E-state index in [1.807, 2.05) is 13.1 Å². The number of ether oxygens (including phenoxy) is 1. The van der Waals surface area contributed by atoms with Gasteiger partial charge in [0.2, 0.25) is 0 Å². The predicted molar refractivity (Wildman–Crippen MR) is 99.0 cm³/mol. The molecule has 0 amide bonds. The minimum absolute atomic E-state index is 0.325. The highest BCUT2D eigenvalue weighted by Crippen LogP contribution is 2.38. The van der Waals surface area contributed by atoms with E-state index in [-0.39, 0.29) is 0 Å². The van der Waals surface area contributed by atoms with Crippen LogP contribution in [-0.2, 0) is 24.1 Å². The highest BCUT2D eigenvalue weighted by atomic mass is 16.5. The lowest BCUT2D eigenvalue weighted by atomic mass is 9.87. The molecule has 5 heteroatoms. The molecule has 5 nitrogen and oxygen atoms in total. The lowest BCUT2D eigenvalue weighted by molar-refractivity contribution is 0.156. The average molecular weight is 343 g/mol. The number of fused-ring (bicyclic) bond motifs is 1. The number of phenolic OH excluding ortho intramolecular Hbond substituents is 1. The Morgan fingerprint density at radius 3 is 3.00 bits per heavy atom. The van der Waals surface area contributed by atoms with E-state index in [4.69, 9.17) is 4.74 Å². The fourth-order valence-electron chi connectivity index (χ4n) is 4.68. The second-order valence-electron chi connectivity index (χ2n) is 7.78. The fraction of sp³-hybridized carbons (Fsp3) is 0.650. The van der Waals surface area contributed by atoms with Crippen LogP contribution in [0.15, 0.2) is 17.1 Å². The number of hydrogen-bond donors (Lipinski definition) is 2. The highest BCUT2D eigenvalue weighted by molar-refractivity contribution is 5.80. The molecule has 2 heterocycles. The summed E-state index contributed by atoms with van der Waals surface area (Å²) in [7, 11) is 1.85. The zero-order valence-electron chi connectivity index (χ0n) is 15.2. The van der Waals surface area contributed by atoms with E-state index >= 15 is 0 Å². The summed E-state index contributed by atoms with van der Waals surface area (Å²) in [6.45, 7) is 4.46. The van der Waals surface area contributed by atoms with Gasteiger partial charge in [0.15, 0.2) is 5.96 Å². The van der Waals surface area contributed by atoms with Crippen molar-refractivity contribution < 1.29 is 9.84 Å². The summed E-state index contributed by atoms with van der Waals surface area (Å²) in [6, 6.07) is 3.94. The lowest BCUT2D eigenvalue weighted by Gasteiger charge is -2.26. The van der Waals surface area contributed by atoms with Gasteiger partial charge in [-0.05, 0) is 55.7 Å². The lowest BCUT2D eigenvalue weighted by Crippen LogP contribution is -2.41. The molecule has 1 aromatic rings. The molecule has 1 aliphatic carbocycles. The Hall–Kier alpha value is -1.75. The van der Waals surface area contributed by atoms with Gasteiger partial charge in [-0.25, -0.2) is 0 Å². The van der Waals surface area contributed by atoms with Crippen molar-refractivity contribution in [2.75, 3.05) is 33.4 Å². The van der Waals surface area contributed by atoms with Crippen LogP contribution < -0.4 is 5.32 Å². The molecule has 0 aromatic heterocycles. The number of nitrogens with one attached hydrogen (secondary N) is 1. The third kappa shape index (κ3) is 3.22. The fourth-order valence-corrected chi connectivity index (χ4v) is 4.68. The van der Waals surface area contributed by atoms with Gasteiger partial charge in [0.1, 0.15) is 5.75 Å². The SMILES string of the molecule is CN=C(NCc1c(O)ccc2c1CCCC2)N1CCC2(CCOC2)C1. The molecule has 0 bridgehead atoms. The summed E-state index contributed by atoms with van der Waals surface area (Å²) in [4.78, 5) is 6.84. The Balaban J connectivity index is 1.45. The van der Waals surface area contributed by atoms with Crippen molar-refractivity contribution in [2.45, 2.75) is 45.1 Å². The van der Waals surface area contributed by atoms with E-state index in [1.165, 1.54) is 30.4 Å². The van der Waals surface area contributed by atoms with E-state index < -0.39 is 0 Å². The summed E-state index contributed by atoms with van der Waals surface area (Å²) >= 11 is 0. The first-order valence-electron chi connectivity index (χ1n) is 9.57. The van der Waals surface area contributed by atoms with Crippen molar-refractivity contribution in [2.24, 2.45) is 10.4 Å². The summed E-state index contributed by atoms with van der Waals surface area (Å²) < 4.78 is 5.63. The molecular formula is C20H29N3O2. The maximum Gasteiger partial charge on any atom is 0.193 e. The molecule has 136 valence electrons. The van der Waals surface area contributed by atoms with E-state index in [1.54, 1.807) is 0 Å². The summed E-state index contributed by atoms with van der Waals surface area (Å²) in [5.41, 5.74) is 4.12. The van der Waals surface area contributed by atoms with Gasteiger partial charge in [-0.1, -0.05) is 6.07 Å².